The molecule has 0 bridgehead atoms. The highest BCUT2D eigenvalue weighted by Gasteiger charge is 2.23. The van der Waals surface area contributed by atoms with Crippen LogP contribution in [0.25, 0.3) is 0 Å². The minimum absolute atomic E-state index is 0.000995. The first-order valence-electron chi connectivity index (χ1n) is 7.58. The van der Waals surface area contributed by atoms with E-state index >= 15 is 0 Å². The first-order valence-corrected chi connectivity index (χ1v) is 7.58. The smallest absolute Gasteiger partial charge is 0.409 e. The number of hydrogen-bond acceptors (Lipinski definition) is 5. The molecule has 0 atom stereocenters. The van der Waals surface area contributed by atoms with Crippen LogP contribution in [0.15, 0.2) is 0 Å². The molecule has 0 radical (unpaired) electrons. The van der Waals surface area contributed by atoms with Gasteiger partial charge in [-0.3, -0.25) is 4.79 Å². The Bertz CT molecular complexity index is 317. The second kappa shape index (κ2) is 10.4. The van der Waals surface area contributed by atoms with Crippen LogP contribution in [0.1, 0.15) is 26.2 Å². The molecule has 0 saturated carbocycles. The van der Waals surface area contributed by atoms with Crippen LogP contribution in [-0.4, -0.2) is 69.4 Å². The first-order chi connectivity index (χ1) is 10.2. The fourth-order valence-corrected chi connectivity index (χ4v) is 2.22. The van der Waals surface area contributed by atoms with Crippen molar-refractivity contribution in [1.82, 2.24) is 15.5 Å². The van der Waals surface area contributed by atoms with Gasteiger partial charge in [0.05, 0.1) is 13.2 Å². The van der Waals surface area contributed by atoms with E-state index in [0.29, 0.717) is 39.4 Å². The van der Waals surface area contributed by atoms with Gasteiger partial charge in [0.15, 0.2) is 0 Å². The zero-order valence-corrected chi connectivity index (χ0v) is 13.0. The fourth-order valence-electron chi connectivity index (χ4n) is 2.22. The van der Waals surface area contributed by atoms with E-state index in [1.165, 1.54) is 0 Å². The Kier molecular flexibility index (Phi) is 8.77. The Morgan fingerprint density at radius 3 is 2.62 bits per heavy atom. The minimum atomic E-state index is -0.244. The average molecular weight is 301 g/mol. The molecular formula is C14H27N3O4. The summed E-state index contributed by atoms with van der Waals surface area (Å²) in [6.45, 7) is 5.16. The van der Waals surface area contributed by atoms with Gasteiger partial charge in [-0.1, -0.05) is 0 Å². The number of nitrogens with one attached hydrogen (secondary N) is 2. The standard InChI is InChI=1S/C14H27N3O4/c1-3-21-14(19)17-8-5-12(6-9-17)16-11-13(18)15-7-4-10-20-2/h12,16H,3-11H2,1-2H3,(H,15,18). The molecule has 0 aliphatic carbocycles. The molecule has 1 saturated heterocycles. The molecule has 1 rings (SSSR count). The molecule has 1 fully saturated rings. The van der Waals surface area contributed by atoms with E-state index in [0.717, 1.165) is 19.3 Å². The summed E-state index contributed by atoms with van der Waals surface area (Å²) < 4.78 is 9.89. The van der Waals surface area contributed by atoms with E-state index in [9.17, 15) is 9.59 Å². The second-order valence-electron chi connectivity index (χ2n) is 5.04. The fraction of sp³-hybridized carbons (Fsp3) is 0.857. The van der Waals surface area contributed by atoms with Gasteiger partial charge in [-0.15, -0.1) is 0 Å². The predicted octanol–water partition coefficient (Wildman–Crippen LogP) is 0.350. The number of hydrogen-bond donors (Lipinski definition) is 2. The van der Waals surface area contributed by atoms with E-state index in [-0.39, 0.29) is 18.0 Å². The number of ether oxygens (including phenoxy) is 2. The van der Waals surface area contributed by atoms with Gasteiger partial charge in [-0.25, -0.2) is 4.79 Å². The molecule has 2 amide bonds. The van der Waals surface area contributed by atoms with Crippen molar-refractivity contribution in [2.24, 2.45) is 0 Å². The van der Waals surface area contributed by atoms with E-state index in [4.69, 9.17) is 9.47 Å². The van der Waals surface area contributed by atoms with Gasteiger partial charge >= 0.3 is 6.09 Å². The molecule has 2 N–H and O–H groups in total. The van der Waals surface area contributed by atoms with Crippen LogP contribution < -0.4 is 10.6 Å². The Labute approximate surface area is 126 Å². The Hall–Kier alpha value is -1.34. The van der Waals surface area contributed by atoms with Gasteiger partial charge in [0, 0.05) is 39.4 Å². The largest absolute Gasteiger partial charge is 0.450 e. The van der Waals surface area contributed by atoms with Crippen LogP contribution >= 0.6 is 0 Å². The third kappa shape index (κ3) is 7.29. The number of likely N-dealkylation sites (tertiary alicyclic amines) is 1. The minimum Gasteiger partial charge on any atom is -0.450 e. The van der Waals surface area contributed by atoms with Crippen LogP contribution in [0.5, 0.6) is 0 Å². The van der Waals surface area contributed by atoms with Gasteiger partial charge in [-0.2, -0.15) is 0 Å². The topological polar surface area (TPSA) is 79.9 Å². The number of amides is 2. The van der Waals surface area contributed by atoms with Gasteiger partial charge in [-0.05, 0) is 26.2 Å². The molecule has 0 aromatic carbocycles. The Morgan fingerprint density at radius 2 is 2.00 bits per heavy atom. The molecule has 122 valence electrons. The highest BCUT2D eigenvalue weighted by Crippen LogP contribution is 2.11. The lowest BCUT2D eigenvalue weighted by Crippen LogP contribution is -2.47. The van der Waals surface area contributed by atoms with E-state index in [1.54, 1.807) is 18.9 Å². The summed E-state index contributed by atoms with van der Waals surface area (Å²) in [6.07, 6.45) is 2.26. The Balaban J connectivity index is 2.09. The predicted molar refractivity (Wildman–Crippen MR) is 79.1 cm³/mol. The van der Waals surface area contributed by atoms with Crippen molar-refractivity contribution in [2.45, 2.75) is 32.2 Å². The van der Waals surface area contributed by atoms with E-state index < -0.39 is 0 Å². The average Bonchev–Trinajstić information content (AvgIpc) is 2.50. The first kappa shape index (κ1) is 17.7. The lowest BCUT2D eigenvalue weighted by Gasteiger charge is -2.31. The number of methoxy groups -OCH3 is 1. The van der Waals surface area contributed by atoms with Crippen LogP contribution in [0.2, 0.25) is 0 Å². The normalized spacial score (nSPS) is 15.8. The number of carbonyl (C=O) groups is 2. The van der Waals surface area contributed by atoms with Crippen molar-refractivity contribution in [3.05, 3.63) is 0 Å². The maximum absolute atomic E-state index is 11.6. The van der Waals surface area contributed by atoms with Crippen molar-refractivity contribution in [3.8, 4) is 0 Å². The maximum atomic E-state index is 11.6. The molecule has 0 aromatic heterocycles. The highest BCUT2D eigenvalue weighted by atomic mass is 16.6. The number of nitrogens with zero attached hydrogens (tertiary/aromatic N) is 1. The highest BCUT2D eigenvalue weighted by molar-refractivity contribution is 5.78. The Morgan fingerprint density at radius 1 is 1.29 bits per heavy atom. The van der Waals surface area contributed by atoms with Crippen LogP contribution in [0.4, 0.5) is 4.79 Å². The molecule has 7 nitrogen and oxygen atoms in total. The molecule has 1 heterocycles. The van der Waals surface area contributed by atoms with E-state index in [1.807, 2.05) is 0 Å². The van der Waals surface area contributed by atoms with Crippen molar-refractivity contribution < 1.29 is 19.1 Å². The molecular weight excluding hydrogens is 274 g/mol. The summed E-state index contributed by atoms with van der Waals surface area (Å²) in [5, 5.41) is 6.07. The summed E-state index contributed by atoms with van der Waals surface area (Å²) in [4.78, 5) is 24.9. The van der Waals surface area contributed by atoms with Gasteiger partial charge in [0.2, 0.25) is 5.91 Å². The third-order valence-electron chi connectivity index (χ3n) is 3.42. The molecule has 1 aliphatic rings. The molecule has 0 aromatic rings. The quantitative estimate of drug-likeness (QED) is 0.632. The molecule has 0 spiro atoms. The molecule has 1 aliphatic heterocycles. The number of carbonyl (C=O) groups excluding carboxylic acids is 2. The van der Waals surface area contributed by atoms with E-state index in [2.05, 4.69) is 10.6 Å². The van der Waals surface area contributed by atoms with Gasteiger partial charge in [0.1, 0.15) is 0 Å². The van der Waals surface area contributed by atoms with Crippen molar-refractivity contribution in [1.29, 1.82) is 0 Å². The van der Waals surface area contributed by atoms with Crippen LogP contribution in [0.3, 0.4) is 0 Å². The molecule has 0 unspecified atom stereocenters. The van der Waals surface area contributed by atoms with Gasteiger partial charge < -0.3 is 25.0 Å². The SMILES string of the molecule is CCOC(=O)N1CCC(NCC(=O)NCCCOC)CC1. The lowest BCUT2D eigenvalue weighted by atomic mass is 10.1. The van der Waals surface area contributed by atoms with Crippen molar-refractivity contribution >= 4 is 12.0 Å². The van der Waals surface area contributed by atoms with Crippen LogP contribution in [0, 0.1) is 0 Å². The van der Waals surface area contributed by atoms with Gasteiger partial charge in [0.25, 0.3) is 0 Å². The zero-order chi connectivity index (χ0) is 15.5. The lowest BCUT2D eigenvalue weighted by molar-refractivity contribution is -0.120. The summed E-state index contributed by atoms with van der Waals surface area (Å²) in [5.41, 5.74) is 0. The van der Waals surface area contributed by atoms with Crippen molar-refractivity contribution in [3.63, 3.8) is 0 Å². The van der Waals surface area contributed by atoms with Crippen LogP contribution in [-0.2, 0) is 14.3 Å². The maximum Gasteiger partial charge on any atom is 0.409 e. The number of piperidine rings is 1. The zero-order valence-electron chi connectivity index (χ0n) is 13.0. The monoisotopic (exact) mass is 301 g/mol. The summed E-state index contributed by atoms with van der Waals surface area (Å²) in [5.74, 6) is -0.000995. The number of rotatable bonds is 8. The summed E-state index contributed by atoms with van der Waals surface area (Å²) >= 11 is 0. The molecule has 21 heavy (non-hydrogen) atoms. The second-order valence-corrected chi connectivity index (χ2v) is 5.04. The molecule has 7 heteroatoms. The third-order valence-corrected chi connectivity index (χ3v) is 3.42. The summed E-state index contributed by atoms with van der Waals surface area (Å²) in [7, 11) is 1.64. The van der Waals surface area contributed by atoms with Crippen molar-refractivity contribution in [2.75, 3.05) is 46.5 Å². The summed E-state index contributed by atoms with van der Waals surface area (Å²) in [6, 6.07) is 0.278.